The Kier molecular flexibility index (Phi) is 4.65. The summed E-state index contributed by atoms with van der Waals surface area (Å²) in [6.07, 6.45) is 0. The maximum Gasteiger partial charge on any atom is 0.287 e. The molecule has 0 fully saturated rings. The molecule has 1 aromatic heterocycles. The molecule has 1 unspecified atom stereocenters. The molecule has 3 aromatic rings. The molecule has 25 heavy (non-hydrogen) atoms. The van der Waals surface area contributed by atoms with Crippen LogP contribution in [0.15, 0.2) is 46.9 Å². The Hall–Kier alpha value is -2.95. The Balaban J connectivity index is 1.88. The number of furan rings is 1. The molecule has 1 N–H and O–H groups in total. The molecule has 0 saturated heterocycles. The molecule has 0 aliphatic carbocycles. The minimum atomic E-state index is -0.258. The molecule has 5 heteroatoms. The van der Waals surface area contributed by atoms with Crippen LogP contribution in [0.25, 0.3) is 11.0 Å². The number of aryl methyl sites for hydroxylation is 1. The summed E-state index contributed by atoms with van der Waals surface area (Å²) in [7, 11) is 3.23. The van der Waals surface area contributed by atoms with Crippen molar-refractivity contribution in [3.8, 4) is 11.5 Å². The number of carbonyl (C=O) groups excluding carboxylic acids is 1. The van der Waals surface area contributed by atoms with Gasteiger partial charge < -0.3 is 19.2 Å². The Morgan fingerprint density at radius 1 is 1.12 bits per heavy atom. The van der Waals surface area contributed by atoms with Gasteiger partial charge in [0.2, 0.25) is 0 Å². The maximum atomic E-state index is 12.7. The van der Waals surface area contributed by atoms with Crippen LogP contribution >= 0.6 is 0 Å². The van der Waals surface area contributed by atoms with E-state index < -0.39 is 0 Å². The van der Waals surface area contributed by atoms with Crippen LogP contribution in [0.4, 0.5) is 0 Å². The van der Waals surface area contributed by atoms with E-state index in [2.05, 4.69) is 5.32 Å². The number of ether oxygens (including phenoxy) is 2. The van der Waals surface area contributed by atoms with Crippen LogP contribution in [-0.2, 0) is 0 Å². The molecule has 3 rings (SSSR count). The molecule has 1 atom stereocenters. The number of para-hydroxylation sites is 1. The SMILES string of the molecule is COc1ccc2oc(C(=O)NC(C)c3ccccc3OC)c(C)c2c1. The number of rotatable bonds is 5. The summed E-state index contributed by atoms with van der Waals surface area (Å²) in [6, 6.07) is 12.9. The lowest BCUT2D eigenvalue weighted by atomic mass is 10.1. The lowest BCUT2D eigenvalue weighted by molar-refractivity contribution is 0.0913. The zero-order chi connectivity index (χ0) is 18.0. The molecule has 130 valence electrons. The molecule has 0 saturated carbocycles. The molecule has 1 heterocycles. The second kappa shape index (κ2) is 6.89. The highest BCUT2D eigenvalue weighted by Crippen LogP contribution is 2.30. The average Bonchev–Trinajstić information content (AvgIpc) is 2.97. The molecule has 0 spiro atoms. The minimum Gasteiger partial charge on any atom is -0.497 e. The average molecular weight is 339 g/mol. The minimum absolute atomic E-state index is 0.217. The fourth-order valence-electron chi connectivity index (χ4n) is 2.91. The topological polar surface area (TPSA) is 60.7 Å². The first kappa shape index (κ1) is 16.9. The van der Waals surface area contributed by atoms with Gasteiger partial charge in [-0.05, 0) is 38.1 Å². The van der Waals surface area contributed by atoms with Crippen molar-refractivity contribution in [3.05, 3.63) is 59.4 Å². The summed E-state index contributed by atoms with van der Waals surface area (Å²) >= 11 is 0. The number of benzene rings is 2. The smallest absolute Gasteiger partial charge is 0.287 e. The number of amides is 1. The van der Waals surface area contributed by atoms with Gasteiger partial charge in [0.25, 0.3) is 5.91 Å². The fraction of sp³-hybridized carbons (Fsp3) is 0.250. The second-order valence-corrected chi connectivity index (χ2v) is 5.86. The number of fused-ring (bicyclic) bond motifs is 1. The van der Waals surface area contributed by atoms with Gasteiger partial charge in [-0.25, -0.2) is 0 Å². The van der Waals surface area contributed by atoms with E-state index in [0.717, 1.165) is 28.0 Å². The Labute approximate surface area is 146 Å². The predicted molar refractivity (Wildman–Crippen MR) is 96.4 cm³/mol. The zero-order valence-electron chi connectivity index (χ0n) is 14.8. The summed E-state index contributed by atoms with van der Waals surface area (Å²) in [5.74, 6) is 1.52. The van der Waals surface area contributed by atoms with Crippen molar-refractivity contribution in [2.24, 2.45) is 0 Å². The number of methoxy groups -OCH3 is 2. The van der Waals surface area contributed by atoms with Crippen molar-refractivity contribution < 1.29 is 18.7 Å². The molecular weight excluding hydrogens is 318 g/mol. The van der Waals surface area contributed by atoms with Gasteiger partial charge in [0, 0.05) is 16.5 Å². The zero-order valence-corrected chi connectivity index (χ0v) is 14.8. The molecule has 0 aliphatic rings. The molecule has 0 aliphatic heterocycles. The summed E-state index contributed by atoms with van der Waals surface area (Å²) < 4.78 is 16.4. The predicted octanol–water partition coefficient (Wildman–Crippen LogP) is 4.25. The molecule has 1 amide bonds. The van der Waals surface area contributed by atoms with E-state index in [-0.39, 0.29) is 11.9 Å². The van der Waals surface area contributed by atoms with Crippen LogP contribution in [0.1, 0.15) is 34.6 Å². The number of nitrogens with one attached hydrogen (secondary N) is 1. The van der Waals surface area contributed by atoms with Gasteiger partial charge in [-0.15, -0.1) is 0 Å². The molecule has 2 aromatic carbocycles. The summed E-state index contributed by atoms with van der Waals surface area (Å²) in [5.41, 5.74) is 2.36. The first-order valence-electron chi connectivity index (χ1n) is 8.06. The highest BCUT2D eigenvalue weighted by molar-refractivity contribution is 5.99. The van der Waals surface area contributed by atoms with Gasteiger partial charge >= 0.3 is 0 Å². The van der Waals surface area contributed by atoms with Gasteiger partial charge in [0.05, 0.1) is 20.3 Å². The van der Waals surface area contributed by atoms with Crippen molar-refractivity contribution in [1.82, 2.24) is 5.32 Å². The fourth-order valence-corrected chi connectivity index (χ4v) is 2.91. The van der Waals surface area contributed by atoms with Crippen LogP contribution in [-0.4, -0.2) is 20.1 Å². The van der Waals surface area contributed by atoms with Gasteiger partial charge in [-0.3, -0.25) is 4.79 Å². The third kappa shape index (κ3) is 3.18. The van der Waals surface area contributed by atoms with E-state index in [9.17, 15) is 4.79 Å². The highest BCUT2D eigenvalue weighted by Gasteiger charge is 2.21. The van der Waals surface area contributed by atoms with Gasteiger partial charge in [0.15, 0.2) is 5.76 Å². The number of hydrogen-bond acceptors (Lipinski definition) is 4. The lowest BCUT2D eigenvalue weighted by Gasteiger charge is -2.16. The van der Waals surface area contributed by atoms with E-state index in [4.69, 9.17) is 13.9 Å². The Bertz CT molecular complexity index is 913. The maximum absolute atomic E-state index is 12.7. The standard InChI is InChI=1S/C20H21NO4/c1-12-16-11-14(23-3)9-10-18(16)25-19(12)20(22)21-13(2)15-7-5-6-8-17(15)24-4/h5-11,13H,1-4H3,(H,21,22). The Morgan fingerprint density at radius 3 is 2.60 bits per heavy atom. The molecule has 0 bridgehead atoms. The Morgan fingerprint density at radius 2 is 1.88 bits per heavy atom. The summed E-state index contributed by atoms with van der Waals surface area (Å²) in [6.45, 7) is 3.78. The van der Waals surface area contributed by atoms with Gasteiger partial charge in [-0.1, -0.05) is 18.2 Å². The van der Waals surface area contributed by atoms with Crippen LogP contribution in [0.5, 0.6) is 11.5 Å². The van der Waals surface area contributed by atoms with Crippen molar-refractivity contribution in [2.45, 2.75) is 19.9 Å². The van der Waals surface area contributed by atoms with Crippen LogP contribution < -0.4 is 14.8 Å². The van der Waals surface area contributed by atoms with Crippen molar-refractivity contribution in [3.63, 3.8) is 0 Å². The van der Waals surface area contributed by atoms with Crippen molar-refractivity contribution >= 4 is 16.9 Å². The van der Waals surface area contributed by atoms with Gasteiger partial charge in [-0.2, -0.15) is 0 Å². The third-order valence-corrected chi connectivity index (χ3v) is 4.30. The second-order valence-electron chi connectivity index (χ2n) is 5.86. The van der Waals surface area contributed by atoms with Crippen molar-refractivity contribution in [1.29, 1.82) is 0 Å². The van der Waals surface area contributed by atoms with Crippen LogP contribution in [0.2, 0.25) is 0 Å². The highest BCUT2D eigenvalue weighted by atomic mass is 16.5. The monoisotopic (exact) mass is 339 g/mol. The molecule has 0 radical (unpaired) electrons. The van der Waals surface area contributed by atoms with E-state index in [1.54, 1.807) is 14.2 Å². The number of hydrogen-bond donors (Lipinski definition) is 1. The van der Waals surface area contributed by atoms with Crippen LogP contribution in [0, 0.1) is 6.92 Å². The molecule has 5 nitrogen and oxygen atoms in total. The first-order valence-corrected chi connectivity index (χ1v) is 8.06. The first-order chi connectivity index (χ1) is 12.0. The van der Waals surface area contributed by atoms with Crippen molar-refractivity contribution in [2.75, 3.05) is 14.2 Å². The van der Waals surface area contributed by atoms with Gasteiger partial charge in [0.1, 0.15) is 17.1 Å². The van der Waals surface area contributed by atoms with E-state index in [0.29, 0.717) is 11.3 Å². The molecular formula is C20H21NO4. The van der Waals surface area contributed by atoms with E-state index in [1.807, 2.05) is 56.3 Å². The van der Waals surface area contributed by atoms with E-state index >= 15 is 0 Å². The largest absolute Gasteiger partial charge is 0.497 e. The lowest BCUT2D eigenvalue weighted by Crippen LogP contribution is -2.27. The third-order valence-electron chi connectivity index (χ3n) is 4.30. The normalized spacial score (nSPS) is 12.0. The summed E-state index contributed by atoms with van der Waals surface area (Å²) in [4.78, 5) is 12.7. The van der Waals surface area contributed by atoms with Crippen LogP contribution in [0.3, 0.4) is 0 Å². The quantitative estimate of drug-likeness (QED) is 0.755. The number of carbonyl (C=O) groups is 1. The summed E-state index contributed by atoms with van der Waals surface area (Å²) in [5, 5.41) is 3.84. The van der Waals surface area contributed by atoms with E-state index in [1.165, 1.54) is 0 Å².